The highest BCUT2D eigenvalue weighted by atomic mass is 16.3. The molecule has 0 aliphatic carbocycles. The first-order valence-electron chi connectivity index (χ1n) is 19.5. The second kappa shape index (κ2) is 12.9. The molecular formula is C54H33NO3. The van der Waals surface area contributed by atoms with Gasteiger partial charge in [0.25, 0.3) is 0 Å². The van der Waals surface area contributed by atoms with Gasteiger partial charge >= 0.3 is 0 Å². The first-order chi connectivity index (χ1) is 28.6. The largest absolute Gasteiger partial charge is 0.456 e. The fourth-order valence-electron chi connectivity index (χ4n) is 8.38. The Labute approximate surface area is 333 Å². The zero-order valence-corrected chi connectivity index (χ0v) is 31.2. The molecule has 12 aromatic rings. The van der Waals surface area contributed by atoms with Gasteiger partial charge in [-0.1, -0.05) is 72.8 Å². The first-order valence-corrected chi connectivity index (χ1v) is 19.5. The van der Waals surface area contributed by atoms with Crippen molar-refractivity contribution in [3.63, 3.8) is 0 Å². The highest BCUT2D eigenvalue weighted by molar-refractivity contribution is 6.00. The van der Waals surface area contributed by atoms with Crippen molar-refractivity contribution in [3.05, 3.63) is 200 Å². The molecule has 12 rings (SSSR count). The highest BCUT2D eigenvalue weighted by Gasteiger charge is 2.17. The van der Waals surface area contributed by atoms with Crippen molar-refractivity contribution in [2.45, 2.75) is 0 Å². The fraction of sp³-hybridized carbons (Fsp3) is 0. The minimum Gasteiger partial charge on any atom is -0.456 e. The normalized spacial score (nSPS) is 11.8. The molecule has 3 heterocycles. The molecule has 0 N–H and O–H groups in total. The topological polar surface area (TPSA) is 42.7 Å². The minimum atomic E-state index is 0.842. The third-order valence-electron chi connectivity index (χ3n) is 11.4. The average molecular weight is 744 g/mol. The maximum absolute atomic E-state index is 6.40. The van der Waals surface area contributed by atoms with Crippen molar-refractivity contribution < 1.29 is 13.3 Å². The Balaban J connectivity index is 0.911. The number of hydrogen-bond acceptors (Lipinski definition) is 4. The summed E-state index contributed by atoms with van der Waals surface area (Å²) >= 11 is 0. The standard InChI is InChI=1S/C54H33NO3/c1-4-10-40-28-52-43(25-37(40)7-1)31-49(56-52)34-13-19-46(20-14-34)55(47-21-15-35(16-22-47)50-32-44-26-38-8-2-5-11-41(38)29-53(44)57-50)48-23-17-36(18-24-48)51-33-45-27-39-9-3-6-12-42(39)30-54(45)58-51/h1-33H. The number of anilines is 3. The van der Waals surface area contributed by atoms with E-state index in [0.717, 1.165) is 83.9 Å². The van der Waals surface area contributed by atoms with Crippen LogP contribution in [0.5, 0.6) is 0 Å². The van der Waals surface area contributed by atoms with E-state index < -0.39 is 0 Å². The molecule has 0 bridgehead atoms. The molecule has 0 spiro atoms. The van der Waals surface area contributed by atoms with Crippen molar-refractivity contribution >= 4 is 82.3 Å². The average Bonchev–Trinajstić information content (AvgIpc) is 4.01. The SMILES string of the molecule is c1ccc2cc3oc(-c4ccc(N(c5ccc(-c6cc7cc8ccccc8cc7o6)cc5)c5ccc(-c6cc7cc8ccccc8cc7o6)cc5)cc4)cc3cc2c1. The summed E-state index contributed by atoms with van der Waals surface area (Å²) in [5, 5.41) is 10.4. The van der Waals surface area contributed by atoms with Gasteiger partial charge < -0.3 is 18.2 Å². The number of benzene rings is 9. The third kappa shape index (κ3) is 5.54. The Hall–Kier alpha value is -7.82. The van der Waals surface area contributed by atoms with E-state index >= 15 is 0 Å². The second-order valence-corrected chi connectivity index (χ2v) is 15.0. The summed E-state index contributed by atoms with van der Waals surface area (Å²) in [6.07, 6.45) is 0. The molecular weight excluding hydrogens is 711 g/mol. The van der Waals surface area contributed by atoms with E-state index in [9.17, 15) is 0 Å². The van der Waals surface area contributed by atoms with Crippen molar-refractivity contribution in [1.82, 2.24) is 0 Å². The summed E-state index contributed by atoms with van der Waals surface area (Å²) in [4.78, 5) is 2.28. The van der Waals surface area contributed by atoms with Gasteiger partial charge in [-0.2, -0.15) is 0 Å². The lowest BCUT2D eigenvalue weighted by atomic mass is 10.1. The number of fused-ring (bicyclic) bond motifs is 6. The van der Waals surface area contributed by atoms with E-state index in [1.165, 1.54) is 32.3 Å². The van der Waals surface area contributed by atoms with Crippen LogP contribution in [0.25, 0.3) is 99.2 Å². The van der Waals surface area contributed by atoms with Crippen molar-refractivity contribution in [2.24, 2.45) is 0 Å². The van der Waals surface area contributed by atoms with Crippen LogP contribution in [-0.2, 0) is 0 Å². The van der Waals surface area contributed by atoms with Gasteiger partial charge in [0.1, 0.15) is 34.0 Å². The predicted octanol–water partition coefficient (Wildman–Crippen LogP) is 15.9. The molecule has 58 heavy (non-hydrogen) atoms. The van der Waals surface area contributed by atoms with Gasteiger partial charge in [-0.05, 0) is 160 Å². The molecule has 0 radical (unpaired) electrons. The molecule has 0 aliphatic heterocycles. The summed E-state index contributed by atoms with van der Waals surface area (Å²) in [6, 6.07) is 70.3. The maximum Gasteiger partial charge on any atom is 0.135 e. The number of furan rings is 3. The van der Waals surface area contributed by atoms with Gasteiger partial charge in [0.15, 0.2) is 0 Å². The first kappa shape index (κ1) is 32.4. The Morgan fingerprint density at radius 3 is 0.776 bits per heavy atom. The number of rotatable bonds is 6. The van der Waals surface area contributed by atoms with Gasteiger partial charge in [0.05, 0.1) is 0 Å². The van der Waals surface area contributed by atoms with Gasteiger partial charge in [0.2, 0.25) is 0 Å². The van der Waals surface area contributed by atoms with Gasteiger partial charge in [0, 0.05) is 49.9 Å². The molecule has 0 fully saturated rings. The van der Waals surface area contributed by atoms with Crippen LogP contribution in [0.15, 0.2) is 213 Å². The van der Waals surface area contributed by atoms with Crippen LogP contribution >= 0.6 is 0 Å². The summed E-state index contributed by atoms with van der Waals surface area (Å²) in [5.41, 5.74) is 8.78. The van der Waals surface area contributed by atoms with Crippen molar-refractivity contribution in [1.29, 1.82) is 0 Å². The minimum absolute atomic E-state index is 0.842. The fourth-order valence-corrected chi connectivity index (χ4v) is 8.38. The second-order valence-electron chi connectivity index (χ2n) is 15.0. The van der Waals surface area contributed by atoms with Crippen LogP contribution in [0.3, 0.4) is 0 Å². The molecule has 4 nitrogen and oxygen atoms in total. The molecule has 0 amide bonds. The zero-order chi connectivity index (χ0) is 38.2. The summed E-state index contributed by atoms with van der Waals surface area (Å²) in [7, 11) is 0. The Morgan fingerprint density at radius 2 is 0.500 bits per heavy atom. The molecule has 0 saturated carbocycles. The summed E-state index contributed by atoms with van der Waals surface area (Å²) < 4.78 is 19.2. The lowest BCUT2D eigenvalue weighted by Crippen LogP contribution is -2.09. The smallest absolute Gasteiger partial charge is 0.135 e. The van der Waals surface area contributed by atoms with E-state index in [0.29, 0.717) is 0 Å². The molecule has 9 aromatic carbocycles. The van der Waals surface area contributed by atoms with Crippen molar-refractivity contribution in [3.8, 4) is 34.0 Å². The monoisotopic (exact) mass is 743 g/mol. The lowest BCUT2D eigenvalue weighted by molar-refractivity contribution is 0.631. The molecule has 0 atom stereocenters. The van der Waals surface area contributed by atoms with Crippen LogP contribution in [0.4, 0.5) is 17.1 Å². The number of nitrogens with zero attached hydrogens (tertiary/aromatic N) is 1. The maximum atomic E-state index is 6.40. The Bertz CT molecular complexity index is 2960. The van der Waals surface area contributed by atoms with Gasteiger partial charge in [-0.15, -0.1) is 0 Å². The van der Waals surface area contributed by atoms with E-state index in [-0.39, 0.29) is 0 Å². The van der Waals surface area contributed by atoms with Crippen LogP contribution in [0.1, 0.15) is 0 Å². The third-order valence-corrected chi connectivity index (χ3v) is 11.4. The molecule has 0 aliphatic rings. The van der Waals surface area contributed by atoms with Crippen LogP contribution in [0.2, 0.25) is 0 Å². The Kier molecular flexibility index (Phi) is 7.20. The van der Waals surface area contributed by atoms with E-state index in [1.54, 1.807) is 0 Å². The van der Waals surface area contributed by atoms with Crippen LogP contribution in [0, 0.1) is 0 Å². The highest BCUT2D eigenvalue weighted by Crippen LogP contribution is 2.40. The summed E-state index contributed by atoms with van der Waals surface area (Å²) in [6.45, 7) is 0. The Morgan fingerprint density at radius 1 is 0.241 bits per heavy atom. The lowest BCUT2D eigenvalue weighted by Gasteiger charge is -2.26. The van der Waals surface area contributed by atoms with Crippen LogP contribution in [-0.4, -0.2) is 0 Å². The molecule has 272 valence electrons. The van der Waals surface area contributed by atoms with E-state index in [2.05, 4.69) is 205 Å². The van der Waals surface area contributed by atoms with E-state index in [1.807, 2.05) is 0 Å². The summed E-state index contributed by atoms with van der Waals surface area (Å²) in [5.74, 6) is 2.53. The molecule has 4 heteroatoms. The predicted molar refractivity (Wildman–Crippen MR) is 239 cm³/mol. The quantitative estimate of drug-likeness (QED) is 0.170. The zero-order valence-electron chi connectivity index (χ0n) is 31.2. The molecule has 3 aromatic heterocycles. The van der Waals surface area contributed by atoms with Gasteiger partial charge in [-0.3, -0.25) is 0 Å². The van der Waals surface area contributed by atoms with Crippen LogP contribution < -0.4 is 4.90 Å². The molecule has 0 unspecified atom stereocenters. The molecule has 0 saturated heterocycles. The number of hydrogen-bond donors (Lipinski definition) is 0. The van der Waals surface area contributed by atoms with Crippen molar-refractivity contribution in [2.75, 3.05) is 4.90 Å². The van der Waals surface area contributed by atoms with E-state index in [4.69, 9.17) is 13.3 Å². The van der Waals surface area contributed by atoms with Gasteiger partial charge in [-0.25, -0.2) is 0 Å².